The fourth-order valence-electron chi connectivity index (χ4n) is 1.13. The van der Waals surface area contributed by atoms with Crippen LogP contribution in [0.5, 0.6) is 0 Å². The van der Waals surface area contributed by atoms with Crippen LogP contribution in [0.25, 0.3) is 0 Å². The lowest BCUT2D eigenvalue weighted by Crippen LogP contribution is -1.98. The number of rotatable bonds is 5. The molecule has 4 heteroatoms. The quantitative estimate of drug-likeness (QED) is 0.493. The Labute approximate surface area is 107 Å². The van der Waals surface area contributed by atoms with Gasteiger partial charge in [-0.15, -0.1) is 0 Å². The monoisotopic (exact) mass is 250 g/mol. The molecule has 0 saturated carbocycles. The fourth-order valence-corrected chi connectivity index (χ4v) is 1.13. The number of hydrogen-bond acceptors (Lipinski definition) is 3. The van der Waals surface area contributed by atoms with Crippen LogP contribution in [0, 0.1) is 0 Å². The predicted octanol–water partition coefficient (Wildman–Crippen LogP) is 3.54. The summed E-state index contributed by atoms with van der Waals surface area (Å²) < 4.78 is 3.99. The summed E-state index contributed by atoms with van der Waals surface area (Å²) in [5.74, 6) is 0.244. The summed E-state index contributed by atoms with van der Waals surface area (Å²) in [6.45, 7) is 5.32. The van der Waals surface area contributed by atoms with Crippen molar-refractivity contribution in [3.05, 3.63) is 48.6 Å². The average molecular weight is 250 g/mol. The largest absolute Gasteiger partial charge is 0.506 e. The van der Waals surface area contributed by atoms with Gasteiger partial charge in [0.05, 0.1) is 0 Å². The average Bonchev–Trinajstić information content (AvgIpc) is 2.38. The lowest BCUT2D eigenvalue weighted by atomic mass is 10.1. The molecule has 4 nitrogen and oxygen atoms in total. The smallest absolute Gasteiger partial charge is 0.450 e. The van der Waals surface area contributed by atoms with Crippen molar-refractivity contribution in [2.45, 2.75) is 19.8 Å². The molecule has 0 saturated heterocycles. The highest BCUT2D eigenvalue weighted by atomic mass is 16.7. The first-order valence-corrected chi connectivity index (χ1v) is 5.66. The Morgan fingerprint density at radius 3 is 2.33 bits per heavy atom. The maximum absolute atomic E-state index is 11.2. The van der Waals surface area contributed by atoms with Crippen molar-refractivity contribution in [1.82, 2.24) is 0 Å². The van der Waals surface area contributed by atoms with Gasteiger partial charge in [0, 0.05) is 12.0 Å². The van der Waals surface area contributed by atoms with Gasteiger partial charge in [0.15, 0.2) is 5.78 Å². The molecule has 1 aromatic rings. The molecule has 98 valence electrons. The second-order valence-electron chi connectivity index (χ2n) is 3.40. The first kappa shape index (κ1) is 15.9. The number of carboxylic acid groups (broad SMARTS) is 1. The van der Waals surface area contributed by atoms with Gasteiger partial charge in [0.25, 0.3) is 0 Å². The molecule has 0 heterocycles. The normalized spacial score (nSPS) is 8.72. The third kappa shape index (κ3) is 8.10. The van der Waals surface area contributed by atoms with Gasteiger partial charge >= 0.3 is 6.16 Å². The van der Waals surface area contributed by atoms with Gasteiger partial charge in [0.1, 0.15) is 6.61 Å². The topological polar surface area (TPSA) is 63.6 Å². The highest BCUT2D eigenvalue weighted by molar-refractivity contribution is 5.95. The van der Waals surface area contributed by atoms with E-state index in [4.69, 9.17) is 5.11 Å². The predicted molar refractivity (Wildman–Crippen MR) is 69.9 cm³/mol. The van der Waals surface area contributed by atoms with E-state index in [2.05, 4.69) is 11.3 Å². The second kappa shape index (κ2) is 10.1. The number of carbonyl (C=O) groups excluding carboxylic acids is 1. The van der Waals surface area contributed by atoms with Crippen molar-refractivity contribution in [2.24, 2.45) is 0 Å². The van der Waals surface area contributed by atoms with Gasteiger partial charge in [-0.3, -0.25) is 4.79 Å². The van der Waals surface area contributed by atoms with Crippen molar-refractivity contribution in [1.29, 1.82) is 0 Å². The Morgan fingerprint density at radius 1 is 1.33 bits per heavy atom. The van der Waals surface area contributed by atoms with Gasteiger partial charge in [0.2, 0.25) is 0 Å². The summed E-state index contributed by atoms with van der Waals surface area (Å²) >= 11 is 0. The second-order valence-corrected chi connectivity index (χ2v) is 3.40. The molecule has 0 spiro atoms. The third-order valence-corrected chi connectivity index (χ3v) is 1.90. The zero-order chi connectivity index (χ0) is 13.8. The van der Waals surface area contributed by atoms with Gasteiger partial charge in [-0.05, 0) is 6.42 Å². The van der Waals surface area contributed by atoms with E-state index in [1.54, 1.807) is 0 Å². The zero-order valence-electron chi connectivity index (χ0n) is 10.5. The van der Waals surface area contributed by atoms with Crippen LogP contribution >= 0.6 is 0 Å². The molecule has 0 aliphatic rings. The Kier molecular flexibility index (Phi) is 8.90. The molecule has 0 aliphatic heterocycles. The fraction of sp³-hybridized carbons (Fsp3) is 0.286. The van der Waals surface area contributed by atoms with Crippen molar-refractivity contribution >= 4 is 11.9 Å². The molecule has 0 aromatic heterocycles. The Balaban J connectivity index is 0.000000360. The molecular weight excluding hydrogens is 232 g/mol. The van der Waals surface area contributed by atoms with Crippen LogP contribution < -0.4 is 0 Å². The number of ether oxygens (including phenoxy) is 1. The Hall–Kier alpha value is -2.10. The summed E-state index contributed by atoms with van der Waals surface area (Å²) in [6, 6.07) is 9.42. The van der Waals surface area contributed by atoms with Crippen LogP contribution in [-0.4, -0.2) is 23.7 Å². The first-order valence-electron chi connectivity index (χ1n) is 5.66. The number of benzene rings is 1. The molecule has 1 rings (SSSR count). The molecular formula is C14H18O4. The standard InChI is InChI=1S/C10H12O.C4H6O3/c1-2-6-10(11)9-7-4-3-5-8-9;1-2-3-7-4(5)6/h3-5,7-8H,2,6H2,1H3;2H,1,3H2,(H,5,6). The minimum Gasteiger partial charge on any atom is -0.450 e. The molecule has 0 fully saturated rings. The van der Waals surface area contributed by atoms with Crippen LogP contribution in [-0.2, 0) is 4.74 Å². The highest BCUT2D eigenvalue weighted by Crippen LogP contribution is 2.03. The van der Waals surface area contributed by atoms with E-state index in [9.17, 15) is 9.59 Å². The van der Waals surface area contributed by atoms with Crippen molar-refractivity contribution < 1.29 is 19.4 Å². The summed E-state index contributed by atoms with van der Waals surface area (Å²) in [7, 11) is 0. The van der Waals surface area contributed by atoms with Gasteiger partial charge < -0.3 is 9.84 Å². The van der Waals surface area contributed by atoms with E-state index in [-0.39, 0.29) is 12.4 Å². The molecule has 0 amide bonds. The lowest BCUT2D eigenvalue weighted by molar-refractivity contribution is 0.0979. The highest BCUT2D eigenvalue weighted by Gasteiger charge is 2.01. The Bertz CT molecular complexity index is 371. The van der Waals surface area contributed by atoms with Crippen molar-refractivity contribution in [2.75, 3.05) is 6.61 Å². The van der Waals surface area contributed by atoms with Crippen LogP contribution in [0.4, 0.5) is 4.79 Å². The first-order chi connectivity index (χ1) is 8.61. The third-order valence-electron chi connectivity index (χ3n) is 1.90. The van der Waals surface area contributed by atoms with E-state index < -0.39 is 6.16 Å². The summed E-state index contributed by atoms with van der Waals surface area (Å²) in [4.78, 5) is 20.7. The minimum atomic E-state index is -1.26. The molecule has 0 atom stereocenters. The zero-order valence-corrected chi connectivity index (χ0v) is 10.5. The summed E-state index contributed by atoms with van der Waals surface area (Å²) in [6.07, 6.45) is 1.69. The van der Waals surface area contributed by atoms with E-state index in [0.29, 0.717) is 6.42 Å². The maximum atomic E-state index is 11.2. The molecule has 1 aromatic carbocycles. The van der Waals surface area contributed by atoms with Crippen LogP contribution in [0.15, 0.2) is 43.0 Å². The molecule has 0 radical (unpaired) electrons. The minimum absolute atomic E-state index is 0.0648. The van der Waals surface area contributed by atoms with Gasteiger partial charge in [-0.2, -0.15) is 0 Å². The number of carbonyl (C=O) groups is 2. The van der Waals surface area contributed by atoms with Crippen molar-refractivity contribution in [3.8, 4) is 0 Å². The van der Waals surface area contributed by atoms with E-state index in [1.807, 2.05) is 37.3 Å². The molecule has 18 heavy (non-hydrogen) atoms. The van der Waals surface area contributed by atoms with E-state index in [1.165, 1.54) is 6.08 Å². The number of hydrogen-bond donors (Lipinski definition) is 1. The van der Waals surface area contributed by atoms with Gasteiger partial charge in [-0.1, -0.05) is 49.9 Å². The lowest BCUT2D eigenvalue weighted by Gasteiger charge is -1.96. The SMILES string of the molecule is C=CCOC(=O)O.CCCC(=O)c1ccccc1. The number of ketones is 1. The molecule has 1 N–H and O–H groups in total. The summed E-state index contributed by atoms with van der Waals surface area (Å²) in [5.41, 5.74) is 0.828. The van der Waals surface area contributed by atoms with E-state index in [0.717, 1.165) is 12.0 Å². The van der Waals surface area contributed by atoms with Crippen LogP contribution in [0.2, 0.25) is 0 Å². The summed E-state index contributed by atoms with van der Waals surface area (Å²) in [5, 5.41) is 7.77. The molecule has 0 aliphatic carbocycles. The maximum Gasteiger partial charge on any atom is 0.506 e. The van der Waals surface area contributed by atoms with E-state index >= 15 is 0 Å². The van der Waals surface area contributed by atoms with Crippen LogP contribution in [0.3, 0.4) is 0 Å². The van der Waals surface area contributed by atoms with Gasteiger partial charge in [-0.25, -0.2) is 4.79 Å². The molecule has 0 unspecified atom stereocenters. The van der Waals surface area contributed by atoms with Crippen molar-refractivity contribution in [3.63, 3.8) is 0 Å². The molecule has 0 bridgehead atoms. The Morgan fingerprint density at radius 2 is 1.94 bits per heavy atom. The van der Waals surface area contributed by atoms with Crippen LogP contribution in [0.1, 0.15) is 30.1 Å². The number of Topliss-reactive ketones (excluding diaryl/α,β-unsaturated/α-hetero) is 1.